The van der Waals surface area contributed by atoms with Gasteiger partial charge in [0.1, 0.15) is 17.7 Å². The number of carbonyl (C=O) groups is 1. The molecule has 1 atom stereocenters. The number of alkyl halides is 3. The number of hydrogen-bond acceptors (Lipinski definition) is 5. The molecule has 3 rings (SSSR count). The van der Waals surface area contributed by atoms with Gasteiger partial charge >= 0.3 is 6.18 Å². The second-order valence-corrected chi connectivity index (χ2v) is 9.91. The highest BCUT2D eigenvalue weighted by atomic mass is 32.2. The number of carbonyl (C=O) groups excluding carboxylic acids is 1. The van der Waals surface area contributed by atoms with Gasteiger partial charge in [-0.05, 0) is 59.2 Å². The van der Waals surface area contributed by atoms with Crippen LogP contribution in [0.4, 0.5) is 17.6 Å². The SMILES string of the molecule is COC[C@H](NCS(=O)(=O)c1ccc(F)cc1)C(=O)NCc1cccc(-c2ccc(C(F)(F)F)cc2)c1. The molecule has 0 aliphatic heterocycles. The van der Waals surface area contributed by atoms with Gasteiger partial charge in [-0.3, -0.25) is 10.1 Å². The normalized spacial score (nSPS) is 12.8. The zero-order valence-corrected chi connectivity index (χ0v) is 20.0. The van der Waals surface area contributed by atoms with Gasteiger partial charge in [-0.2, -0.15) is 13.2 Å². The van der Waals surface area contributed by atoms with Gasteiger partial charge in [0.15, 0.2) is 9.84 Å². The Morgan fingerprint density at radius 2 is 1.64 bits per heavy atom. The first-order valence-corrected chi connectivity index (χ1v) is 12.4. The summed E-state index contributed by atoms with van der Waals surface area (Å²) >= 11 is 0. The smallest absolute Gasteiger partial charge is 0.383 e. The van der Waals surface area contributed by atoms with Crippen LogP contribution in [0.1, 0.15) is 11.1 Å². The molecule has 0 bridgehead atoms. The van der Waals surface area contributed by atoms with E-state index in [1.54, 1.807) is 24.3 Å². The Balaban J connectivity index is 1.63. The van der Waals surface area contributed by atoms with Crippen molar-refractivity contribution < 1.29 is 35.5 Å². The predicted molar refractivity (Wildman–Crippen MR) is 126 cm³/mol. The van der Waals surface area contributed by atoms with Gasteiger partial charge in [-0.1, -0.05) is 30.3 Å². The molecule has 2 N–H and O–H groups in total. The fraction of sp³-hybridized carbons (Fsp3) is 0.240. The molecule has 192 valence electrons. The fourth-order valence-corrected chi connectivity index (χ4v) is 4.49. The van der Waals surface area contributed by atoms with Gasteiger partial charge in [-0.25, -0.2) is 12.8 Å². The summed E-state index contributed by atoms with van der Waals surface area (Å²) in [6, 6.07) is 15.1. The van der Waals surface area contributed by atoms with Crippen molar-refractivity contribution in [1.82, 2.24) is 10.6 Å². The first-order chi connectivity index (χ1) is 17.0. The molecule has 36 heavy (non-hydrogen) atoms. The van der Waals surface area contributed by atoms with Crippen LogP contribution in [0.25, 0.3) is 11.1 Å². The van der Waals surface area contributed by atoms with Gasteiger partial charge in [-0.15, -0.1) is 0 Å². The first-order valence-electron chi connectivity index (χ1n) is 10.7. The number of nitrogens with one attached hydrogen (secondary N) is 2. The average molecular weight is 525 g/mol. The van der Waals surface area contributed by atoms with E-state index in [4.69, 9.17) is 4.74 Å². The number of rotatable bonds is 10. The minimum Gasteiger partial charge on any atom is -0.383 e. The molecule has 0 aromatic heterocycles. The minimum absolute atomic E-state index is 0.0898. The second kappa shape index (κ2) is 11.6. The van der Waals surface area contributed by atoms with E-state index >= 15 is 0 Å². The second-order valence-electron chi connectivity index (χ2n) is 7.92. The molecule has 11 heteroatoms. The number of ether oxygens (including phenoxy) is 1. The van der Waals surface area contributed by atoms with Gasteiger partial charge in [0.2, 0.25) is 5.91 Å². The highest BCUT2D eigenvalue weighted by Crippen LogP contribution is 2.31. The molecule has 0 aliphatic rings. The standard InChI is InChI=1S/C25H24F4N2O4S/c1-35-15-23(31-16-36(33,34)22-11-9-21(26)10-12-22)24(32)30-14-17-3-2-4-19(13-17)18-5-7-20(8-6-18)25(27,28)29/h2-13,23,31H,14-16H2,1H3,(H,30,32)/t23-/m0/s1. The van der Waals surface area contributed by atoms with E-state index in [0.717, 1.165) is 36.4 Å². The molecule has 3 aromatic carbocycles. The third kappa shape index (κ3) is 7.36. The summed E-state index contributed by atoms with van der Waals surface area (Å²) < 4.78 is 81.5. The summed E-state index contributed by atoms with van der Waals surface area (Å²) in [5.41, 5.74) is 1.21. The van der Waals surface area contributed by atoms with Crippen LogP contribution < -0.4 is 10.6 Å². The lowest BCUT2D eigenvalue weighted by Crippen LogP contribution is -2.48. The number of hydrogen-bond donors (Lipinski definition) is 2. The lowest BCUT2D eigenvalue weighted by molar-refractivity contribution is -0.137. The van der Waals surface area contributed by atoms with Crippen molar-refractivity contribution in [2.45, 2.75) is 23.7 Å². The highest BCUT2D eigenvalue weighted by Gasteiger charge is 2.30. The van der Waals surface area contributed by atoms with Crippen LogP contribution in [0.3, 0.4) is 0 Å². The lowest BCUT2D eigenvalue weighted by atomic mass is 10.0. The monoisotopic (exact) mass is 524 g/mol. The zero-order valence-electron chi connectivity index (χ0n) is 19.2. The van der Waals surface area contributed by atoms with E-state index in [-0.39, 0.29) is 18.0 Å². The van der Waals surface area contributed by atoms with E-state index in [2.05, 4.69) is 10.6 Å². The molecule has 0 aliphatic carbocycles. The van der Waals surface area contributed by atoms with Crippen molar-refractivity contribution in [3.05, 3.63) is 89.7 Å². The van der Waals surface area contributed by atoms with Crippen molar-refractivity contribution in [1.29, 1.82) is 0 Å². The molecule has 0 spiro atoms. The Hall–Kier alpha value is -3.28. The summed E-state index contributed by atoms with van der Waals surface area (Å²) in [6.45, 7) is -0.00369. The maximum atomic E-state index is 13.1. The number of methoxy groups -OCH3 is 1. The molecule has 0 unspecified atom stereocenters. The highest BCUT2D eigenvalue weighted by molar-refractivity contribution is 7.91. The molecule has 1 amide bonds. The molecule has 0 saturated carbocycles. The summed E-state index contributed by atoms with van der Waals surface area (Å²) in [5, 5.41) is 5.35. The summed E-state index contributed by atoms with van der Waals surface area (Å²) in [6.07, 6.45) is -4.42. The number of benzene rings is 3. The molecule has 0 heterocycles. The molecule has 0 radical (unpaired) electrons. The number of halogens is 4. The minimum atomic E-state index is -4.42. The Morgan fingerprint density at radius 3 is 2.25 bits per heavy atom. The molecule has 0 saturated heterocycles. The van der Waals surface area contributed by atoms with Crippen LogP contribution in [0, 0.1) is 5.82 Å². The number of sulfone groups is 1. The van der Waals surface area contributed by atoms with Crippen LogP contribution >= 0.6 is 0 Å². The molecule has 3 aromatic rings. The quantitative estimate of drug-likeness (QED) is 0.307. The van der Waals surface area contributed by atoms with Crippen molar-refractivity contribution in [2.75, 3.05) is 19.6 Å². The maximum Gasteiger partial charge on any atom is 0.416 e. The van der Waals surface area contributed by atoms with Gasteiger partial charge in [0.25, 0.3) is 0 Å². The number of amides is 1. The topological polar surface area (TPSA) is 84.5 Å². The largest absolute Gasteiger partial charge is 0.416 e. The molecule has 0 fully saturated rings. The Morgan fingerprint density at radius 1 is 0.972 bits per heavy atom. The summed E-state index contributed by atoms with van der Waals surface area (Å²) in [4.78, 5) is 12.6. The van der Waals surface area contributed by atoms with Gasteiger partial charge < -0.3 is 10.1 Å². The molecule has 6 nitrogen and oxygen atoms in total. The third-order valence-corrected chi connectivity index (χ3v) is 6.82. The Bertz CT molecular complexity index is 1280. The van der Waals surface area contributed by atoms with Crippen LogP contribution in [0.2, 0.25) is 0 Å². The van der Waals surface area contributed by atoms with Crippen molar-refractivity contribution in [3.8, 4) is 11.1 Å². The van der Waals surface area contributed by atoms with E-state index in [9.17, 15) is 30.8 Å². The van der Waals surface area contributed by atoms with Crippen LogP contribution in [-0.2, 0) is 32.1 Å². The molecular weight excluding hydrogens is 500 g/mol. The lowest BCUT2D eigenvalue weighted by Gasteiger charge is -2.18. The Labute approximate surface area is 206 Å². The summed E-state index contributed by atoms with van der Waals surface area (Å²) in [5.74, 6) is -1.64. The van der Waals surface area contributed by atoms with E-state index in [1.165, 1.54) is 19.2 Å². The third-order valence-electron chi connectivity index (χ3n) is 5.28. The van der Waals surface area contributed by atoms with E-state index in [1.807, 2.05) is 0 Å². The fourth-order valence-electron chi connectivity index (χ4n) is 3.35. The van der Waals surface area contributed by atoms with Gasteiger partial charge in [0, 0.05) is 13.7 Å². The van der Waals surface area contributed by atoms with Crippen LogP contribution in [0.15, 0.2) is 77.7 Å². The van der Waals surface area contributed by atoms with Gasteiger partial charge in [0.05, 0.1) is 17.1 Å². The zero-order chi connectivity index (χ0) is 26.3. The van der Waals surface area contributed by atoms with Crippen molar-refractivity contribution in [3.63, 3.8) is 0 Å². The van der Waals surface area contributed by atoms with E-state index in [0.29, 0.717) is 16.7 Å². The average Bonchev–Trinajstić information content (AvgIpc) is 2.85. The first kappa shape index (κ1) is 27.3. The maximum absolute atomic E-state index is 13.1. The Kier molecular flexibility index (Phi) is 8.83. The summed E-state index contributed by atoms with van der Waals surface area (Å²) in [7, 11) is -2.46. The van der Waals surface area contributed by atoms with Crippen LogP contribution in [-0.4, -0.2) is 40.0 Å². The molecular formula is C25H24F4N2O4S. The van der Waals surface area contributed by atoms with E-state index < -0.39 is 45.2 Å². The van der Waals surface area contributed by atoms with Crippen molar-refractivity contribution in [2.24, 2.45) is 0 Å². The van der Waals surface area contributed by atoms with Crippen molar-refractivity contribution >= 4 is 15.7 Å². The van der Waals surface area contributed by atoms with Crippen LogP contribution in [0.5, 0.6) is 0 Å². The predicted octanol–water partition coefficient (Wildman–Crippen LogP) is 4.16.